The van der Waals surface area contributed by atoms with Gasteiger partial charge in [-0.3, -0.25) is 4.90 Å². The molecule has 2 rings (SSSR count). The second-order valence-electron chi connectivity index (χ2n) is 4.91. The molecule has 0 N–H and O–H groups in total. The van der Waals surface area contributed by atoms with Gasteiger partial charge in [0.05, 0.1) is 10.0 Å². The van der Waals surface area contributed by atoms with Crippen molar-refractivity contribution in [3.05, 3.63) is 33.8 Å². The third kappa shape index (κ3) is 4.80. The van der Waals surface area contributed by atoms with Gasteiger partial charge in [0.25, 0.3) is 0 Å². The van der Waals surface area contributed by atoms with Gasteiger partial charge in [0.1, 0.15) is 0 Å². The zero-order chi connectivity index (χ0) is 13.7. The van der Waals surface area contributed by atoms with Crippen molar-refractivity contribution < 1.29 is 0 Å². The van der Waals surface area contributed by atoms with E-state index in [4.69, 9.17) is 34.8 Å². The SMILES string of the molecule is ClCCN1CCCN(Cc2ccc(Cl)c(Cl)c2)CC1. The summed E-state index contributed by atoms with van der Waals surface area (Å²) >= 11 is 17.8. The average molecular weight is 322 g/mol. The highest BCUT2D eigenvalue weighted by atomic mass is 35.5. The van der Waals surface area contributed by atoms with E-state index in [2.05, 4.69) is 15.9 Å². The Morgan fingerprint density at radius 2 is 1.68 bits per heavy atom. The fraction of sp³-hybridized carbons (Fsp3) is 0.571. The molecule has 0 unspecified atom stereocenters. The third-order valence-electron chi connectivity index (χ3n) is 3.47. The van der Waals surface area contributed by atoms with Crippen LogP contribution in [0.25, 0.3) is 0 Å². The number of halogens is 3. The third-order valence-corrected chi connectivity index (χ3v) is 4.38. The van der Waals surface area contributed by atoms with E-state index in [0.29, 0.717) is 15.9 Å². The van der Waals surface area contributed by atoms with Gasteiger partial charge in [-0.05, 0) is 37.2 Å². The fourth-order valence-corrected chi connectivity index (χ4v) is 2.98. The average Bonchev–Trinajstić information content (AvgIpc) is 2.60. The maximum absolute atomic E-state index is 6.05. The molecule has 0 aliphatic carbocycles. The van der Waals surface area contributed by atoms with Crippen molar-refractivity contribution in [2.24, 2.45) is 0 Å². The van der Waals surface area contributed by atoms with Crippen LogP contribution in [0.1, 0.15) is 12.0 Å². The highest BCUT2D eigenvalue weighted by Gasteiger charge is 2.14. The smallest absolute Gasteiger partial charge is 0.0595 e. The van der Waals surface area contributed by atoms with Crippen molar-refractivity contribution in [1.82, 2.24) is 9.80 Å². The lowest BCUT2D eigenvalue weighted by Crippen LogP contribution is -2.31. The van der Waals surface area contributed by atoms with Gasteiger partial charge in [0.15, 0.2) is 0 Å². The molecule has 1 aromatic carbocycles. The van der Waals surface area contributed by atoms with Crippen LogP contribution in [-0.4, -0.2) is 48.4 Å². The van der Waals surface area contributed by atoms with Gasteiger partial charge in [-0.15, -0.1) is 11.6 Å². The molecule has 106 valence electrons. The molecule has 1 aliphatic heterocycles. The Kier molecular flexibility index (Phi) is 6.24. The first kappa shape index (κ1) is 15.4. The molecule has 0 spiro atoms. The molecule has 0 saturated carbocycles. The molecule has 0 amide bonds. The van der Waals surface area contributed by atoms with E-state index in [1.165, 1.54) is 12.0 Å². The largest absolute Gasteiger partial charge is 0.301 e. The molecular weight excluding hydrogens is 303 g/mol. The molecule has 1 fully saturated rings. The topological polar surface area (TPSA) is 6.48 Å². The molecular formula is C14H19Cl3N2. The normalized spacial score (nSPS) is 18.5. The van der Waals surface area contributed by atoms with Crippen LogP contribution in [0.2, 0.25) is 10.0 Å². The van der Waals surface area contributed by atoms with E-state index >= 15 is 0 Å². The summed E-state index contributed by atoms with van der Waals surface area (Å²) in [6.45, 7) is 6.36. The quantitative estimate of drug-likeness (QED) is 0.780. The second kappa shape index (κ2) is 7.70. The Labute approximate surface area is 130 Å². The second-order valence-corrected chi connectivity index (χ2v) is 6.10. The number of rotatable bonds is 4. The summed E-state index contributed by atoms with van der Waals surface area (Å²) in [6, 6.07) is 5.89. The summed E-state index contributed by atoms with van der Waals surface area (Å²) in [4.78, 5) is 4.90. The van der Waals surface area contributed by atoms with Crippen LogP contribution in [-0.2, 0) is 6.54 Å². The highest BCUT2D eigenvalue weighted by molar-refractivity contribution is 6.42. The molecule has 0 radical (unpaired) electrons. The molecule has 0 aromatic heterocycles. The molecule has 5 heteroatoms. The minimum atomic E-state index is 0.620. The van der Waals surface area contributed by atoms with E-state index in [1.807, 2.05) is 12.1 Å². The molecule has 2 nitrogen and oxygen atoms in total. The molecule has 1 saturated heterocycles. The van der Waals surface area contributed by atoms with Gasteiger partial charge in [-0.25, -0.2) is 0 Å². The Bertz CT molecular complexity index is 412. The van der Waals surface area contributed by atoms with Crippen molar-refractivity contribution in [1.29, 1.82) is 0 Å². The van der Waals surface area contributed by atoms with E-state index < -0.39 is 0 Å². The Morgan fingerprint density at radius 1 is 0.947 bits per heavy atom. The first-order valence-electron chi connectivity index (χ1n) is 6.63. The first-order chi connectivity index (χ1) is 9.19. The van der Waals surface area contributed by atoms with E-state index in [0.717, 1.165) is 39.3 Å². The number of alkyl halides is 1. The molecule has 1 heterocycles. The summed E-state index contributed by atoms with van der Waals surface area (Å²) < 4.78 is 0. The number of hydrogen-bond donors (Lipinski definition) is 0. The van der Waals surface area contributed by atoms with Crippen LogP contribution in [0.3, 0.4) is 0 Å². The summed E-state index contributed by atoms with van der Waals surface area (Å²) in [5, 5.41) is 1.26. The van der Waals surface area contributed by atoms with Gasteiger partial charge >= 0.3 is 0 Å². The van der Waals surface area contributed by atoms with Crippen LogP contribution in [0.4, 0.5) is 0 Å². The minimum Gasteiger partial charge on any atom is -0.301 e. The summed E-state index contributed by atoms with van der Waals surface area (Å²) in [5.41, 5.74) is 1.22. The first-order valence-corrected chi connectivity index (χ1v) is 7.92. The standard InChI is InChI=1S/C14H19Cl3N2/c15-4-7-18-5-1-6-19(9-8-18)11-12-2-3-13(16)14(17)10-12/h2-3,10H,1,4-9,11H2. The summed E-state index contributed by atoms with van der Waals surface area (Å²) in [5.74, 6) is 0.715. The van der Waals surface area contributed by atoms with Crippen LogP contribution in [0.15, 0.2) is 18.2 Å². The number of nitrogens with zero attached hydrogens (tertiary/aromatic N) is 2. The Balaban J connectivity index is 1.90. The van der Waals surface area contributed by atoms with E-state index in [9.17, 15) is 0 Å². The monoisotopic (exact) mass is 320 g/mol. The number of hydrogen-bond acceptors (Lipinski definition) is 2. The van der Waals surface area contributed by atoms with Crippen molar-refractivity contribution in [2.75, 3.05) is 38.6 Å². The van der Waals surface area contributed by atoms with Gasteiger partial charge in [-0.2, -0.15) is 0 Å². The zero-order valence-electron chi connectivity index (χ0n) is 10.9. The molecule has 19 heavy (non-hydrogen) atoms. The lowest BCUT2D eigenvalue weighted by atomic mass is 10.2. The summed E-state index contributed by atoms with van der Waals surface area (Å²) in [6.07, 6.45) is 1.19. The van der Waals surface area contributed by atoms with Crippen LogP contribution in [0.5, 0.6) is 0 Å². The van der Waals surface area contributed by atoms with Gasteiger partial charge in [0, 0.05) is 32.1 Å². The minimum absolute atomic E-state index is 0.620. The maximum atomic E-state index is 6.05. The van der Waals surface area contributed by atoms with Crippen molar-refractivity contribution in [3.63, 3.8) is 0 Å². The molecule has 0 bridgehead atoms. The van der Waals surface area contributed by atoms with Crippen LogP contribution >= 0.6 is 34.8 Å². The van der Waals surface area contributed by atoms with Crippen LogP contribution in [0, 0.1) is 0 Å². The Morgan fingerprint density at radius 3 is 2.42 bits per heavy atom. The maximum Gasteiger partial charge on any atom is 0.0595 e. The predicted molar refractivity (Wildman–Crippen MR) is 83.5 cm³/mol. The molecule has 1 aliphatic rings. The lowest BCUT2D eigenvalue weighted by Gasteiger charge is -2.21. The van der Waals surface area contributed by atoms with Crippen LogP contribution < -0.4 is 0 Å². The predicted octanol–water partition coefficient (Wildman–Crippen LogP) is 3.74. The lowest BCUT2D eigenvalue weighted by molar-refractivity contribution is 0.258. The fourth-order valence-electron chi connectivity index (χ4n) is 2.42. The highest BCUT2D eigenvalue weighted by Crippen LogP contribution is 2.23. The zero-order valence-corrected chi connectivity index (χ0v) is 13.2. The Hall–Kier alpha value is 0.01000. The number of benzene rings is 1. The van der Waals surface area contributed by atoms with Crippen molar-refractivity contribution >= 4 is 34.8 Å². The van der Waals surface area contributed by atoms with Gasteiger partial charge < -0.3 is 4.90 Å². The molecule has 0 atom stereocenters. The van der Waals surface area contributed by atoms with Crippen molar-refractivity contribution in [3.8, 4) is 0 Å². The molecule has 1 aromatic rings. The van der Waals surface area contributed by atoms with Gasteiger partial charge in [0.2, 0.25) is 0 Å². The summed E-state index contributed by atoms with van der Waals surface area (Å²) in [7, 11) is 0. The van der Waals surface area contributed by atoms with E-state index in [-0.39, 0.29) is 0 Å². The van der Waals surface area contributed by atoms with Crippen molar-refractivity contribution in [2.45, 2.75) is 13.0 Å². The van der Waals surface area contributed by atoms with Gasteiger partial charge in [-0.1, -0.05) is 29.3 Å². The van der Waals surface area contributed by atoms with E-state index in [1.54, 1.807) is 0 Å².